The maximum absolute atomic E-state index is 11.9. The Morgan fingerprint density at radius 3 is 2.73 bits per heavy atom. The fourth-order valence-electron chi connectivity index (χ4n) is 1.85. The number of carbonyl (C=O) groups excluding carboxylic acids is 1. The zero-order valence-corrected chi connectivity index (χ0v) is 9.84. The first-order chi connectivity index (χ1) is 7.02. The summed E-state index contributed by atoms with van der Waals surface area (Å²) in [5, 5.41) is 15.4. The van der Waals surface area contributed by atoms with Crippen molar-refractivity contribution in [3.05, 3.63) is 0 Å². The van der Waals surface area contributed by atoms with Gasteiger partial charge in [-0.2, -0.15) is 0 Å². The Hall–Kier alpha value is -0.610. The number of hydrogen-bond acceptors (Lipinski definition) is 3. The highest BCUT2D eigenvalue weighted by Crippen LogP contribution is 2.17. The minimum absolute atomic E-state index is 0.0101. The van der Waals surface area contributed by atoms with E-state index in [1.165, 1.54) is 0 Å². The lowest BCUT2D eigenvalue weighted by atomic mass is 9.96. The van der Waals surface area contributed by atoms with Crippen molar-refractivity contribution in [1.29, 1.82) is 0 Å². The minimum Gasteiger partial charge on any atom is -0.394 e. The van der Waals surface area contributed by atoms with E-state index in [2.05, 4.69) is 10.6 Å². The summed E-state index contributed by atoms with van der Waals surface area (Å²) < 4.78 is 0. The molecule has 1 aliphatic heterocycles. The molecule has 3 unspecified atom stereocenters. The van der Waals surface area contributed by atoms with Gasteiger partial charge in [-0.1, -0.05) is 6.92 Å². The van der Waals surface area contributed by atoms with Gasteiger partial charge in [-0.15, -0.1) is 0 Å². The first-order valence-corrected chi connectivity index (χ1v) is 5.68. The van der Waals surface area contributed by atoms with Crippen LogP contribution in [-0.2, 0) is 4.79 Å². The minimum atomic E-state index is -0.473. The second-order valence-corrected chi connectivity index (χ2v) is 4.70. The summed E-state index contributed by atoms with van der Waals surface area (Å²) in [5.74, 6) is 0.105. The van der Waals surface area contributed by atoms with Gasteiger partial charge in [-0.3, -0.25) is 4.79 Å². The topological polar surface area (TPSA) is 61.4 Å². The third-order valence-electron chi connectivity index (χ3n) is 3.42. The Morgan fingerprint density at radius 2 is 2.33 bits per heavy atom. The van der Waals surface area contributed by atoms with Crippen molar-refractivity contribution < 1.29 is 9.90 Å². The van der Waals surface area contributed by atoms with E-state index < -0.39 is 5.54 Å². The van der Waals surface area contributed by atoms with Crippen molar-refractivity contribution in [2.75, 3.05) is 13.2 Å². The van der Waals surface area contributed by atoms with Gasteiger partial charge in [0.05, 0.1) is 18.1 Å². The van der Waals surface area contributed by atoms with Gasteiger partial charge in [-0.05, 0) is 33.2 Å². The average Bonchev–Trinajstić information content (AvgIpc) is 2.64. The standard InChI is InChI=1S/C11H22N2O2/c1-4-11(3,7-14)13-10(15)9-5-6-12-8(9)2/h8-9,12,14H,4-7H2,1-3H3,(H,13,15). The van der Waals surface area contributed by atoms with E-state index in [9.17, 15) is 9.90 Å². The van der Waals surface area contributed by atoms with Crippen LogP contribution in [0.3, 0.4) is 0 Å². The third-order valence-corrected chi connectivity index (χ3v) is 3.42. The van der Waals surface area contributed by atoms with Gasteiger partial charge in [0.25, 0.3) is 0 Å². The SMILES string of the molecule is CCC(C)(CO)NC(=O)C1CCNC1C. The lowest BCUT2D eigenvalue weighted by molar-refractivity contribution is -0.127. The van der Waals surface area contributed by atoms with Crippen LogP contribution < -0.4 is 10.6 Å². The van der Waals surface area contributed by atoms with Gasteiger partial charge in [0, 0.05) is 6.04 Å². The van der Waals surface area contributed by atoms with E-state index in [4.69, 9.17) is 0 Å². The molecule has 0 aliphatic carbocycles. The molecule has 0 saturated carbocycles. The molecule has 0 bridgehead atoms. The number of hydrogen-bond donors (Lipinski definition) is 3. The van der Waals surface area contributed by atoms with Crippen LogP contribution in [0.2, 0.25) is 0 Å². The van der Waals surface area contributed by atoms with Crippen LogP contribution in [0.25, 0.3) is 0 Å². The van der Waals surface area contributed by atoms with Crippen LogP contribution in [0.1, 0.15) is 33.6 Å². The van der Waals surface area contributed by atoms with Crippen molar-refractivity contribution in [1.82, 2.24) is 10.6 Å². The molecule has 4 nitrogen and oxygen atoms in total. The smallest absolute Gasteiger partial charge is 0.225 e. The molecule has 0 aromatic carbocycles. The molecule has 0 radical (unpaired) electrons. The van der Waals surface area contributed by atoms with E-state index in [0.717, 1.165) is 19.4 Å². The summed E-state index contributed by atoms with van der Waals surface area (Å²) in [6.07, 6.45) is 1.63. The molecule has 1 heterocycles. The molecule has 4 heteroatoms. The zero-order valence-electron chi connectivity index (χ0n) is 9.84. The Balaban J connectivity index is 2.54. The van der Waals surface area contributed by atoms with Crippen LogP contribution >= 0.6 is 0 Å². The van der Waals surface area contributed by atoms with E-state index in [-0.39, 0.29) is 24.5 Å². The molecular formula is C11H22N2O2. The number of rotatable bonds is 4. The van der Waals surface area contributed by atoms with Crippen molar-refractivity contribution in [2.24, 2.45) is 5.92 Å². The molecule has 1 amide bonds. The largest absolute Gasteiger partial charge is 0.394 e. The summed E-state index contributed by atoms with van der Waals surface area (Å²) in [6, 6.07) is 0.241. The fourth-order valence-corrected chi connectivity index (χ4v) is 1.85. The quantitative estimate of drug-likeness (QED) is 0.629. The fraction of sp³-hybridized carbons (Fsp3) is 0.909. The molecule has 3 atom stereocenters. The highest BCUT2D eigenvalue weighted by Gasteiger charge is 2.33. The number of amides is 1. The van der Waals surface area contributed by atoms with Gasteiger partial charge in [0.2, 0.25) is 5.91 Å². The van der Waals surface area contributed by atoms with E-state index >= 15 is 0 Å². The molecular weight excluding hydrogens is 192 g/mol. The molecule has 1 saturated heterocycles. The van der Waals surface area contributed by atoms with Crippen LogP contribution in [0.5, 0.6) is 0 Å². The van der Waals surface area contributed by atoms with Crippen molar-refractivity contribution in [3.8, 4) is 0 Å². The van der Waals surface area contributed by atoms with Gasteiger partial charge < -0.3 is 15.7 Å². The first-order valence-electron chi connectivity index (χ1n) is 5.68. The summed E-state index contributed by atoms with van der Waals surface area (Å²) in [4.78, 5) is 11.9. The molecule has 0 aromatic rings. The maximum Gasteiger partial charge on any atom is 0.225 e. The summed E-state index contributed by atoms with van der Waals surface area (Å²) >= 11 is 0. The van der Waals surface area contributed by atoms with Crippen LogP contribution in [0.4, 0.5) is 0 Å². The predicted molar refractivity (Wildman–Crippen MR) is 59.5 cm³/mol. The third kappa shape index (κ3) is 2.92. The van der Waals surface area contributed by atoms with Crippen LogP contribution in [0, 0.1) is 5.92 Å². The molecule has 1 fully saturated rings. The lowest BCUT2D eigenvalue weighted by Crippen LogP contribution is -2.51. The van der Waals surface area contributed by atoms with Crippen molar-refractivity contribution in [2.45, 2.75) is 45.2 Å². The molecule has 15 heavy (non-hydrogen) atoms. The second-order valence-electron chi connectivity index (χ2n) is 4.70. The number of nitrogens with one attached hydrogen (secondary N) is 2. The summed E-state index contributed by atoms with van der Waals surface area (Å²) in [6.45, 7) is 6.76. The zero-order chi connectivity index (χ0) is 11.5. The summed E-state index contributed by atoms with van der Waals surface area (Å²) in [5.41, 5.74) is -0.473. The summed E-state index contributed by atoms with van der Waals surface area (Å²) in [7, 11) is 0. The molecule has 0 spiro atoms. The normalized spacial score (nSPS) is 29.9. The number of carbonyl (C=O) groups is 1. The van der Waals surface area contributed by atoms with E-state index in [1.54, 1.807) is 0 Å². The highest BCUT2D eigenvalue weighted by atomic mass is 16.3. The Morgan fingerprint density at radius 1 is 1.67 bits per heavy atom. The molecule has 3 N–H and O–H groups in total. The number of aliphatic hydroxyl groups is 1. The maximum atomic E-state index is 11.9. The van der Waals surface area contributed by atoms with Gasteiger partial charge in [0.15, 0.2) is 0 Å². The Bertz CT molecular complexity index is 227. The Labute approximate surface area is 91.4 Å². The monoisotopic (exact) mass is 214 g/mol. The van der Waals surface area contributed by atoms with Crippen molar-refractivity contribution in [3.63, 3.8) is 0 Å². The Kier molecular flexibility index (Phi) is 4.11. The molecule has 1 aliphatic rings. The lowest BCUT2D eigenvalue weighted by Gasteiger charge is -2.29. The van der Waals surface area contributed by atoms with Crippen molar-refractivity contribution >= 4 is 5.91 Å². The van der Waals surface area contributed by atoms with Crippen LogP contribution in [0.15, 0.2) is 0 Å². The van der Waals surface area contributed by atoms with E-state index in [0.29, 0.717) is 0 Å². The second kappa shape index (κ2) is 4.94. The highest BCUT2D eigenvalue weighted by molar-refractivity contribution is 5.80. The molecule has 0 aromatic heterocycles. The first kappa shape index (κ1) is 12.5. The molecule has 1 rings (SSSR count). The van der Waals surface area contributed by atoms with Crippen LogP contribution in [-0.4, -0.2) is 35.7 Å². The predicted octanol–water partition coefficient (Wildman–Crippen LogP) is 0.262. The van der Waals surface area contributed by atoms with Gasteiger partial charge in [0.1, 0.15) is 0 Å². The van der Waals surface area contributed by atoms with E-state index in [1.807, 2.05) is 20.8 Å². The molecule has 88 valence electrons. The average molecular weight is 214 g/mol. The number of aliphatic hydroxyl groups excluding tert-OH is 1. The van der Waals surface area contributed by atoms with Gasteiger partial charge >= 0.3 is 0 Å². The van der Waals surface area contributed by atoms with Gasteiger partial charge in [-0.25, -0.2) is 0 Å².